The van der Waals surface area contributed by atoms with E-state index in [0.29, 0.717) is 6.61 Å². The normalized spacial score (nSPS) is 19.2. The predicted octanol–water partition coefficient (Wildman–Crippen LogP) is 6.56. The van der Waals surface area contributed by atoms with E-state index in [9.17, 15) is 0 Å². The average Bonchev–Trinajstić information content (AvgIpc) is 3.24. The summed E-state index contributed by atoms with van der Waals surface area (Å²) in [6, 6.07) is 22.9. The number of halogens is 1. The van der Waals surface area contributed by atoms with Crippen molar-refractivity contribution in [2.24, 2.45) is 5.10 Å². The SMILES string of the molecule is C=CCOc1ccc(C2=NN3[C@H](C2)c2cc(Br)ccc2O[C@H]3c2ccc(C)cc2)cc1. The zero-order valence-corrected chi connectivity index (χ0v) is 18.9. The summed E-state index contributed by atoms with van der Waals surface area (Å²) in [4.78, 5) is 0. The summed E-state index contributed by atoms with van der Waals surface area (Å²) in [5, 5.41) is 7.14. The molecule has 3 aromatic rings. The topological polar surface area (TPSA) is 34.1 Å². The predicted molar refractivity (Wildman–Crippen MR) is 127 cm³/mol. The second-order valence-electron chi connectivity index (χ2n) is 7.83. The summed E-state index contributed by atoms with van der Waals surface area (Å²) in [6.07, 6.45) is 2.31. The summed E-state index contributed by atoms with van der Waals surface area (Å²) in [6.45, 7) is 6.28. The lowest BCUT2D eigenvalue weighted by Crippen LogP contribution is -2.33. The second-order valence-corrected chi connectivity index (χ2v) is 8.75. The van der Waals surface area contributed by atoms with Crippen molar-refractivity contribution in [1.29, 1.82) is 0 Å². The number of benzene rings is 3. The molecule has 0 radical (unpaired) electrons. The molecular formula is C26H23BrN2O2. The maximum absolute atomic E-state index is 6.44. The first kappa shape index (κ1) is 19.9. The van der Waals surface area contributed by atoms with Gasteiger partial charge in [-0.05, 0) is 55.0 Å². The van der Waals surface area contributed by atoms with E-state index in [1.165, 1.54) is 5.56 Å². The van der Waals surface area contributed by atoms with Gasteiger partial charge in [0.15, 0.2) is 0 Å². The lowest BCUT2D eigenvalue weighted by atomic mass is 9.96. The van der Waals surface area contributed by atoms with Gasteiger partial charge in [-0.3, -0.25) is 0 Å². The van der Waals surface area contributed by atoms with Gasteiger partial charge in [-0.15, -0.1) is 0 Å². The Bertz CT molecular complexity index is 1140. The Morgan fingerprint density at radius 2 is 1.90 bits per heavy atom. The number of rotatable bonds is 5. The molecule has 0 aromatic heterocycles. The molecule has 0 aliphatic carbocycles. The first-order valence-electron chi connectivity index (χ1n) is 10.3. The number of aryl methyl sites for hydroxylation is 1. The van der Waals surface area contributed by atoms with Gasteiger partial charge in [-0.1, -0.05) is 58.4 Å². The van der Waals surface area contributed by atoms with Gasteiger partial charge < -0.3 is 9.47 Å². The molecule has 0 N–H and O–H groups in total. The Balaban J connectivity index is 1.51. The molecule has 0 unspecified atom stereocenters. The molecule has 5 heteroatoms. The van der Waals surface area contributed by atoms with Crippen molar-refractivity contribution in [3.05, 3.63) is 106 Å². The van der Waals surface area contributed by atoms with Crippen LogP contribution in [0.15, 0.2) is 89.0 Å². The summed E-state index contributed by atoms with van der Waals surface area (Å²) in [5.74, 6) is 1.75. The highest BCUT2D eigenvalue weighted by Gasteiger charge is 2.41. The van der Waals surface area contributed by atoms with Crippen LogP contribution in [0, 0.1) is 6.92 Å². The van der Waals surface area contributed by atoms with Gasteiger partial charge in [0.05, 0.1) is 11.8 Å². The number of hydrogen-bond acceptors (Lipinski definition) is 4. The van der Waals surface area contributed by atoms with Gasteiger partial charge >= 0.3 is 0 Å². The average molecular weight is 475 g/mol. The third-order valence-corrected chi connectivity index (χ3v) is 6.16. The Labute approximate surface area is 190 Å². The largest absolute Gasteiger partial charge is 0.490 e. The molecular weight excluding hydrogens is 452 g/mol. The van der Waals surface area contributed by atoms with Crippen molar-refractivity contribution in [2.45, 2.75) is 25.6 Å². The third kappa shape index (κ3) is 3.86. The Morgan fingerprint density at radius 3 is 2.65 bits per heavy atom. The molecule has 0 amide bonds. The highest BCUT2D eigenvalue weighted by Crippen LogP contribution is 2.48. The zero-order valence-electron chi connectivity index (χ0n) is 17.3. The minimum absolute atomic E-state index is 0.124. The maximum Gasteiger partial charge on any atom is 0.213 e. The zero-order chi connectivity index (χ0) is 21.4. The monoisotopic (exact) mass is 474 g/mol. The maximum atomic E-state index is 6.44. The lowest BCUT2D eigenvalue weighted by Gasteiger charge is -2.38. The van der Waals surface area contributed by atoms with Gasteiger partial charge in [0.1, 0.15) is 18.1 Å². The van der Waals surface area contributed by atoms with Crippen LogP contribution in [0.5, 0.6) is 11.5 Å². The van der Waals surface area contributed by atoms with Crippen LogP contribution in [-0.4, -0.2) is 17.3 Å². The quantitative estimate of drug-likeness (QED) is 0.392. The second kappa shape index (κ2) is 8.23. The van der Waals surface area contributed by atoms with E-state index in [1.54, 1.807) is 6.08 Å². The Hall–Kier alpha value is -3.05. The van der Waals surface area contributed by atoms with E-state index in [2.05, 4.69) is 76.9 Å². The van der Waals surface area contributed by atoms with Crippen LogP contribution >= 0.6 is 15.9 Å². The molecule has 4 nitrogen and oxygen atoms in total. The Kier molecular flexibility index (Phi) is 5.28. The van der Waals surface area contributed by atoms with Crippen LogP contribution in [0.3, 0.4) is 0 Å². The minimum atomic E-state index is -0.257. The van der Waals surface area contributed by atoms with Crippen LogP contribution in [0.4, 0.5) is 0 Å². The first-order valence-corrected chi connectivity index (χ1v) is 11.1. The molecule has 2 aliphatic heterocycles. The summed E-state index contributed by atoms with van der Waals surface area (Å²) in [5.41, 5.74) is 5.63. The summed E-state index contributed by atoms with van der Waals surface area (Å²) in [7, 11) is 0. The van der Waals surface area contributed by atoms with Gasteiger partial charge in [-0.2, -0.15) is 5.10 Å². The van der Waals surface area contributed by atoms with Crippen molar-refractivity contribution in [3.63, 3.8) is 0 Å². The number of fused-ring (bicyclic) bond motifs is 3. The van der Waals surface area contributed by atoms with Crippen LogP contribution in [0.2, 0.25) is 0 Å². The van der Waals surface area contributed by atoms with Gasteiger partial charge in [0, 0.05) is 22.0 Å². The molecule has 3 aromatic carbocycles. The number of ether oxygens (including phenoxy) is 2. The van der Waals surface area contributed by atoms with Crippen LogP contribution in [0.25, 0.3) is 0 Å². The standard InChI is InChI=1S/C26H23BrN2O2/c1-3-14-30-21-11-8-18(9-12-21)23-16-24-22-15-20(27)10-13-25(22)31-26(29(24)28-23)19-6-4-17(2)5-7-19/h3-13,15,24,26H,1,14,16H2,2H3/t24-,26+/m1/s1. The number of nitrogens with zero attached hydrogens (tertiary/aromatic N) is 2. The molecule has 0 saturated carbocycles. The molecule has 0 spiro atoms. The van der Waals surface area contributed by atoms with Gasteiger partial charge in [0.25, 0.3) is 0 Å². The first-order chi connectivity index (χ1) is 15.1. The van der Waals surface area contributed by atoms with Gasteiger partial charge in [-0.25, -0.2) is 5.01 Å². The fourth-order valence-electron chi connectivity index (χ4n) is 4.08. The molecule has 2 aliphatic rings. The lowest BCUT2D eigenvalue weighted by molar-refractivity contribution is -0.0190. The third-order valence-electron chi connectivity index (χ3n) is 5.67. The highest BCUT2D eigenvalue weighted by molar-refractivity contribution is 9.10. The minimum Gasteiger partial charge on any atom is -0.490 e. The van der Waals surface area contributed by atoms with Crippen molar-refractivity contribution in [1.82, 2.24) is 5.01 Å². The smallest absolute Gasteiger partial charge is 0.213 e. The molecule has 2 heterocycles. The molecule has 0 saturated heterocycles. The van der Waals surface area contributed by atoms with E-state index in [4.69, 9.17) is 14.6 Å². The van der Waals surface area contributed by atoms with Crippen molar-refractivity contribution in [3.8, 4) is 11.5 Å². The molecule has 0 fully saturated rings. The molecule has 5 rings (SSSR count). The number of hydrazone groups is 1. The van der Waals surface area contributed by atoms with Crippen LogP contribution in [0.1, 0.15) is 40.9 Å². The highest BCUT2D eigenvalue weighted by atomic mass is 79.9. The summed E-state index contributed by atoms with van der Waals surface area (Å²) < 4.78 is 13.1. The molecule has 0 bridgehead atoms. The molecule has 156 valence electrons. The fraction of sp³-hybridized carbons (Fsp3) is 0.192. The van der Waals surface area contributed by atoms with E-state index >= 15 is 0 Å². The van der Waals surface area contributed by atoms with E-state index in [-0.39, 0.29) is 12.3 Å². The van der Waals surface area contributed by atoms with Crippen LogP contribution in [-0.2, 0) is 0 Å². The van der Waals surface area contributed by atoms with Crippen LogP contribution < -0.4 is 9.47 Å². The van der Waals surface area contributed by atoms with Crippen molar-refractivity contribution < 1.29 is 9.47 Å². The summed E-state index contributed by atoms with van der Waals surface area (Å²) >= 11 is 3.61. The molecule has 31 heavy (non-hydrogen) atoms. The van der Waals surface area contributed by atoms with E-state index < -0.39 is 0 Å². The fourth-order valence-corrected chi connectivity index (χ4v) is 4.46. The van der Waals surface area contributed by atoms with Gasteiger partial charge in [0.2, 0.25) is 6.23 Å². The number of hydrogen-bond donors (Lipinski definition) is 0. The van der Waals surface area contributed by atoms with Crippen molar-refractivity contribution in [2.75, 3.05) is 6.61 Å². The van der Waals surface area contributed by atoms with E-state index in [1.807, 2.05) is 24.3 Å². The van der Waals surface area contributed by atoms with Crippen molar-refractivity contribution >= 4 is 21.6 Å². The molecule has 2 atom stereocenters. The Morgan fingerprint density at radius 1 is 1.13 bits per heavy atom. The van der Waals surface area contributed by atoms with E-state index in [0.717, 1.165) is 44.8 Å².